The molecule has 1 aromatic carbocycles. The topological polar surface area (TPSA) is 68.5 Å². The number of benzene rings is 1. The van der Waals surface area contributed by atoms with Crippen molar-refractivity contribution in [3.05, 3.63) is 64.5 Å². The lowest BCUT2D eigenvalue weighted by molar-refractivity contribution is -0.150. The largest absolute Gasteiger partial charge is 0.467 e. The van der Waals surface area contributed by atoms with Gasteiger partial charge >= 0.3 is 5.97 Å². The molecule has 120 valence electrons. The van der Waals surface area contributed by atoms with Gasteiger partial charge in [0.1, 0.15) is 5.76 Å². The van der Waals surface area contributed by atoms with Crippen LogP contribution in [-0.4, -0.2) is 18.0 Å². The maximum atomic E-state index is 11.8. The Morgan fingerprint density at radius 3 is 2.87 bits per heavy atom. The molecule has 1 heterocycles. The highest BCUT2D eigenvalue weighted by Crippen LogP contribution is 2.12. The summed E-state index contributed by atoms with van der Waals surface area (Å²) < 4.78 is 11.1. The van der Waals surface area contributed by atoms with Gasteiger partial charge in [0.15, 0.2) is 6.10 Å². The first kappa shape index (κ1) is 17.0. The molecule has 0 fully saturated rings. The van der Waals surface area contributed by atoms with Crippen molar-refractivity contribution in [1.82, 2.24) is 5.32 Å². The second kappa shape index (κ2) is 8.33. The fraction of sp³-hybridized carbons (Fsp3) is 0.176. The number of ether oxygens (including phenoxy) is 1. The van der Waals surface area contributed by atoms with E-state index in [4.69, 9.17) is 9.15 Å². The van der Waals surface area contributed by atoms with Gasteiger partial charge in [-0.05, 0) is 42.8 Å². The molecule has 0 aliphatic heterocycles. The molecule has 0 aliphatic carbocycles. The molecule has 2 aromatic rings. The van der Waals surface area contributed by atoms with E-state index in [9.17, 15) is 9.59 Å². The van der Waals surface area contributed by atoms with Gasteiger partial charge in [-0.1, -0.05) is 28.1 Å². The van der Waals surface area contributed by atoms with Gasteiger partial charge in [0.05, 0.1) is 12.8 Å². The first-order chi connectivity index (χ1) is 11.0. The van der Waals surface area contributed by atoms with E-state index in [2.05, 4.69) is 21.2 Å². The zero-order valence-corrected chi connectivity index (χ0v) is 14.1. The number of nitrogens with one attached hydrogen (secondary N) is 1. The zero-order chi connectivity index (χ0) is 16.7. The maximum Gasteiger partial charge on any atom is 0.331 e. The average Bonchev–Trinajstić information content (AvgIpc) is 3.04. The molecule has 1 aromatic heterocycles. The Hall–Kier alpha value is -2.34. The highest BCUT2D eigenvalue weighted by Gasteiger charge is 2.16. The van der Waals surface area contributed by atoms with E-state index >= 15 is 0 Å². The Kier molecular flexibility index (Phi) is 6.17. The Morgan fingerprint density at radius 1 is 1.35 bits per heavy atom. The summed E-state index contributed by atoms with van der Waals surface area (Å²) in [6, 6.07) is 11.0. The summed E-state index contributed by atoms with van der Waals surface area (Å²) in [5.74, 6) is -0.331. The van der Waals surface area contributed by atoms with E-state index in [1.807, 2.05) is 24.3 Å². The number of esters is 1. The van der Waals surface area contributed by atoms with Gasteiger partial charge in [-0.25, -0.2) is 4.79 Å². The number of furan rings is 1. The molecule has 0 unspecified atom stereocenters. The summed E-state index contributed by atoms with van der Waals surface area (Å²) >= 11 is 3.35. The Bertz CT molecular complexity index is 694. The minimum Gasteiger partial charge on any atom is -0.467 e. The molecule has 2 rings (SSSR count). The third kappa shape index (κ3) is 5.75. The summed E-state index contributed by atoms with van der Waals surface area (Å²) in [4.78, 5) is 23.6. The van der Waals surface area contributed by atoms with Crippen LogP contribution in [-0.2, 0) is 20.9 Å². The van der Waals surface area contributed by atoms with Crippen LogP contribution in [0.15, 0.2) is 57.6 Å². The number of halogens is 1. The summed E-state index contributed by atoms with van der Waals surface area (Å²) in [7, 11) is 0. The summed E-state index contributed by atoms with van der Waals surface area (Å²) in [5.41, 5.74) is 0.853. The van der Waals surface area contributed by atoms with Crippen LogP contribution in [0.1, 0.15) is 18.2 Å². The van der Waals surface area contributed by atoms with Crippen LogP contribution in [0.2, 0.25) is 0 Å². The molecule has 0 bridgehead atoms. The van der Waals surface area contributed by atoms with Crippen molar-refractivity contribution < 1.29 is 18.7 Å². The molecular formula is C17H16BrNO4. The first-order valence-electron chi connectivity index (χ1n) is 6.99. The Labute approximate surface area is 142 Å². The predicted molar refractivity (Wildman–Crippen MR) is 89.3 cm³/mol. The van der Waals surface area contributed by atoms with E-state index in [1.165, 1.54) is 19.3 Å². The SMILES string of the molecule is C[C@H](OC(=O)/C=C/c1cccc(Br)c1)C(=O)NCc1ccco1. The van der Waals surface area contributed by atoms with E-state index in [0.717, 1.165) is 10.0 Å². The van der Waals surface area contributed by atoms with Crippen molar-refractivity contribution in [2.24, 2.45) is 0 Å². The molecule has 1 atom stereocenters. The first-order valence-corrected chi connectivity index (χ1v) is 7.78. The van der Waals surface area contributed by atoms with Crippen LogP contribution in [0.4, 0.5) is 0 Å². The van der Waals surface area contributed by atoms with Crippen molar-refractivity contribution in [2.75, 3.05) is 0 Å². The predicted octanol–water partition coefficient (Wildman–Crippen LogP) is 3.30. The van der Waals surface area contributed by atoms with Crippen LogP contribution in [0.25, 0.3) is 6.08 Å². The number of carbonyl (C=O) groups is 2. The molecule has 0 radical (unpaired) electrons. The normalized spacial score (nSPS) is 12.1. The Morgan fingerprint density at radius 2 is 2.17 bits per heavy atom. The van der Waals surface area contributed by atoms with Crippen LogP contribution in [0.5, 0.6) is 0 Å². The zero-order valence-electron chi connectivity index (χ0n) is 12.5. The van der Waals surface area contributed by atoms with Gasteiger partial charge in [-0.3, -0.25) is 4.79 Å². The average molecular weight is 378 g/mol. The van der Waals surface area contributed by atoms with Crippen molar-refractivity contribution in [1.29, 1.82) is 0 Å². The maximum absolute atomic E-state index is 11.8. The smallest absolute Gasteiger partial charge is 0.331 e. The molecule has 5 nitrogen and oxygen atoms in total. The minimum atomic E-state index is -0.885. The molecular weight excluding hydrogens is 362 g/mol. The summed E-state index contributed by atoms with van der Waals surface area (Å²) in [6.45, 7) is 1.77. The number of hydrogen-bond donors (Lipinski definition) is 1. The van der Waals surface area contributed by atoms with E-state index < -0.39 is 12.1 Å². The number of hydrogen-bond acceptors (Lipinski definition) is 4. The van der Waals surface area contributed by atoms with Gasteiger partial charge in [0, 0.05) is 10.5 Å². The van der Waals surface area contributed by atoms with E-state index in [1.54, 1.807) is 18.2 Å². The fourth-order valence-electron chi connectivity index (χ4n) is 1.77. The molecule has 1 amide bonds. The number of amides is 1. The lowest BCUT2D eigenvalue weighted by Crippen LogP contribution is -2.35. The molecule has 0 aliphatic rings. The van der Waals surface area contributed by atoms with Crippen molar-refractivity contribution in [2.45, 2.75) is 19.6 Å². The van der Waals surface area contributed by atoms with Crippen molar-refractivity contribution >= 4 is 33.9 Å². The molecule has 0 saturated heterocycles. The lowest BCUT2D eigenvalue weighted by Gasteiger charge is -2.11. The third-order valence-corrected chi connectivity index (χ3v) is 3.43. The molecule has 23 heavy (non-hydrogen) atoms. The van der Waals surface area contributed by atoms with Crippen molar-refractivity contribution in [3.63, 3.8) is 0 Å². The minimum absolute atomic E-state index is 0.252. The second-order valence-corrected chi connectivity index (χ2v) is 5.68. The molecule has 0 saturated carbocycles. The second-order valence-electron chi connectivity index (χ2n) is 4.76. The van der Waals surface area contributed by atoms with Gasteiger partial charge in [-0.15, -0.1) is 0 Å². The van der Waals surface area contributed by atoms with Crippen LogP contribution < -0.4 is 5.32 Å². The Balaban J connectivity index is 1.80. The van der Waals surface area contributed by atoms with Gasteiger partial charge < -0.3 is 14.5 Å². The van der Waals surface area contributed by atoms with Gasteiger partial charge in [0.25, 0.3) is 5.91 Å². The summed E-state index contributed by atoms with van der Waals surface area (Å²) in [5, 5.41) is 2.63. The fourth-order valence-corrected chi connectivity index (χ4v) is 2.19. The van der Waals surface area contributed by atoms with Gasteiger partial charge in [0.2, 0.25) is 0 Å². The lowest BCUT2D eigenvalue weighted by atomic mass is 10.2. The van der Waals surface area contributed by atoms with Gasteiger partial charge in [-0.2, -0.15) is 0 Å². The highest BCUT2D eigenvalue weighted by atomic mass is 79.9. The quantitative estimate of drug-likeness (QED) is 0.619. The molecule has 6 heteroatoms. The molecule has 0 spiro atoms. The van der Waals surface area contributed by atoms with Crippen molar-refractivity contribution in [3.8, 4) is 0 Å². The molecule has 1 N–H and O–H groups in total. The summed E-state index contributed by atoms with van der Waals surface area (Å²) in [6.07, 6.45) is 3.56. The van der Waals surface area contributed by atoms with Crippen LogP contribution in [0.3, 0.4) is 0 Å². The standard InChI is InChI=1S/C17H16BrNO4/c1-12(17(21)19-11-15-6-3-9-22-15)23-16(20)8-7-13-4-2-5-14(18)10-13/h2-10,12H,11H2,1H3,(H,19,21)/b8-7+/t12-/m0/s1. The number of rotatable bonds is 6. The van der Waals surface area contributed by atoms with Crippen LogP contribution in [0, 0.1) is 0 Å². The van der Waals surface area contributed by atoms with Crippen LogP contribution >= 0.6 is 15.9 Å². The monoisotopic (exact) mass is 377 g/mol. The van der Waals surface area contributed by atoms with E-state index in [0.29, 0.717) is 5.76 Å². The number of carbonyl (C=O) groups excluding carboxylic acids is 2. The van der Waals surface area contributed by atoms with E-state index in [-0.39, 0.29) is 12.5 Å². The third-order valence-electron chi connectivity index (χ3n) is 2.94. The highest BCUT2D eigenvalue weighted by molar-refractivity contribution is 9.10.